The van der Waals surface area contributed by atoms with Crippen molar-refractivity contribution in [1.82, 2.24) is 9.80 Å². The van der Waals surface area contributed by atoms with Gasteiger partial charge in [-0.1, -0.05) is 12.8 Å². The summed E-state index contributed by atoms with van der Waals surface area (Å²) in [6, 6.07) is 0. The molecule has 0 amide bonds. The molecule has 0 aliphatic carbocycles. The summed E-state index contributed by atoms with van der Waals surface area (Å²) in [4.78, 5) is 5.26. The molecule has 0 atom stereocenters. The van der Waals surface area contributed by atoms with Gasteiger partial charge in [-0.15, -0.1) is 47.0 Å². The van der Waals surface area contributed by atoms with Gasteiger partial charge < -0.3 is 0 Å². The third kappa shape index (κ3) is 8.08. The maximum absolute atomic E-state index is 2.63. The molecule has 0 unspecified atom stereocenters. The van der Waals surface area contributed by atoms with Crippen LogP contribution in [0.4, 0.5) is 0 Å². The van der Waals surface area contributed by atoms with Gasteiger partial charge in [-0.2, -0.15) is 0 Å². The second kappa shape index (κ2) is 11.8. The fourth-order valence-corrected chi connectivity index (χ4v) is 6.91. The van der Waals surface area contributed by atoms with Gasteiger partial charge in [0.25, 0.3) is 0 Å². The average Bonchev–Trinajstić information content (AvgIpc) is 2.87. The van der Waals surface area contributed by atoms with Crippen LogP contribution in [0.5, 0.6) is 0 Å². The molecular weight excluding hydrogens is 324 g/mol. The largest absolute Gasteiger partial charge is 0.285 e. The van der Waals surface area contributed by atoms with Gasteiger partial charge in [-0.25, -0.2) is 0 Å². The van der Waals surface area contributed by atoms with Crippen LogP contribution < -0.4 is 0 Å². The molecule has 0 radical (unpaired) electrons. The maximum atomic E-state index is 2.63. The van der Waals surface area contributed by atoms with Gasteiger partial charge in [0.15, 0.2) is 0 Å². The van der Waals surface area contributed by atoms with Gasteiger partial charge in [0.05, 0.1) is 0 Å². The monoisotopic (exact) mass is 352 g/mol. The Hall–Kier alpha value is 1.32. The zero-order chi connectivity index (χ0) is 13.9. The van der Waals surface area contributed by atoms with Crippen LogP contribution in [0.3, 0.4) is 0 Å². The highest BCUT2D eigenvalue weighted by Gasteiger charge is 2.10. The molecule has 0 aromatic rings. The third-order valence-electron chi connectivity index (χ3n) is 3.54. The van der Waals surface area contributed by atoms with Crippen molar-refractivity contribution in [2.75, 3.05) is 59.6 Å². The highest BCUT2D eigenvalue weighted by atomic mass is 32.2. The van der Waals surface area contributed by atoms with Crippen molar-refractivity contribution in [3.05, 3.63) is 0 Å². The van der Waals surface area contributed by atoms with Gasteiger partial charge in [0.1, 0.15) is 0 Å². The van der Waals surface area contributed by atoms with E-state index in [1.165, 1.54) is 85.3 Å². The van der Waals surface area contributed by atoms with Gasteiger partial charge in [0.2, 0.25) is 0 Å². The van der Waals surface area contributed by atoms with Gasteiger partial charge in [0, 0.05) is 46.5 Å². The predicted molar refractivity (Wildman–Crippen MR) is 101 cm³/mol. The number of unbranched alkanes of at least 4 members (excludes halogenated alkanes) is 3. The lowest BCUT2D eigenvalue weighted by molar-refractivity contribution is 0.346. The van der Waals surface area contributed by atoms with Crippen LogP contribution in [0.25, 0.3) is 0 Å². The molecule has 0 aromatic heterocycles. The first-order chi connectivity index (χ1) is 9.95. The quantitative estimate of drug-likeness (QED) is 0.636. The molecule has 0 saturated carbocycles. The molecule has 2 rings (SSSR count). The lowest BCUT2D eigenvalue weighted by atomic mass is 10.2. The van der Waals surface area contributed by atoms with Crippen molar-refractivity contribution in [3.8, 4) is 0 Å². The lowest BCUT2D eigenvalue weighted by Gasteiger charge is -2.19. The van der Waals surface area contributed by atoms with Crippen LogP contribution >= 0.6 is 47.0 Å². The second-order valence-electron chi connectivity index (χ2n) is 5.35. The van der Waals surface area contributed by atoms with Crippen molar-refractivity contribution < 1.29 is 0 Å². The molecule has 2 heterocycles. The molecular formula is C14H28N2S4. The van der Waals surface area contributed by atoms with Crippen LogP contribution in [0.1, 0.15) is 25.7 Å². The van der Waals surface area contributed by atoms with Crippen molar-refractivity contribution in [2.45, 2.75) is 25.7 Å². The Balaban J connectivity index is 1.42. The lowest BCUT2D eigenvalue weighted by Crippen LogP contribution is -2.24. The van der Waals surface area contributed by atoms with E-state index >= 15 is 0 Å². The van der Waals surface area contributed by atoms with Crippen molar-refractivity contribution in [2.24, 2.45) is 0 Å². The molecule has 0 bridgehead atoms. The van der Waals surface area contributed by atoms with Gasteiger partial charge >= 0.3 is 0 Å². The van der Waals surface area contributed by atoms with E-state index in [0.29, 0.717) is 0 Å². The predicted octanol–water partition coefficient (Wildman–Crippen LogP) is 3.94. The van der Waals surface area contributed by atoms with Gasteiger partial charge in [-0.05, 0) is 25.9 Å². The summed E-state index contributed by atoms with van der Waals surface area (Å²) in [5, 5.41) is 0. The first kappa shape index (κ1) is 17.7. The molecule has 6 heteroatoms. The summed E-state index contributed by atoms with van der Waals surface area (Å²) in [7, 11) is 0. The van der Waals surface area contributed by atoms with E-state index in [9.17, 15) is 0 Å². The first-order valence-corrected chi connectivity index (χ1v) is 12.3. The molecule has 20 heavy (non-hydrogen) atoms. The Morgan fingerprint density at radius 2 is 0.850 bits per heavy atom. The fourth-order valence-electron chi connectivity index (χ4n) is 2.37. The first-order valence-electron chi connectivity index (χ1n) is 7.71. The van der Waals surface area contributed by atoms with E-state index in [1.54, 1.807) is 0 Å². The molecule has 118 valence electrons. The Morgan fingerprint density at radius 3 is 1.20 bits per heavy atom. The number of nitrogens with zero attached hydrogens (tertiary/aromatic N) is 2. The van der Waals surface area contributed by atoms with Crippen molar-refractivity contribution in [1.29, 1.82) is 0 Å². The third-order valence-corrected chi connectivity index (χ3v) is 8.22. The van der Waals surface area contributed by atoms with E-state index in [0.717, 1.165) is 0 Å². The van der Waals surface area contributed by atoms with Crippen LogP contribution in [0, 0.1) is 0 Å². The van der Waals surface area contributed by atoms with Crippen LogP contribution in [-0.2, 0) is 0 Å². The van der Waals surface area contributed by atoms with Gasteiger partial charge in [-0.3, -0.25) is 9.80 Å². The van der Waals surface area contributed by atoms with E-state index in [2.05, 4.69) is 56.8 Å². The Labute approximate surface area is 141 Å². The molecule has 0 N–H and O–H groups in total. The molecule has 2 saturated heterocycles. The van der Waals surface area contributed by atoms with E-state index < -0.39 is 0 Å². The molecule has 2 nitrogen and oxygen atoms in total. The minimum Gasteiger partial charge on any atom is -0.285 e. The van der Waals surface area contributed by atoms with Crippen LogP contribution in [-0.4, -0.2) is 69.4 Å². The van der Waals surface area contributed by atoms with E-state index in [4.69, 9.17) is 0 Å². The molecule has 0 aromatic carbocycles. The van der Waals surface area contributed by atoms with E-state index in [1.807, 2.05) is 0 Å². The normalized spacial score (nSPS) is 23.4. The fraction of sp³-hybridized carbons (Fsp3) is 1.00. The average molecular weight is 353 g/mol. The SMILES string of the molecule is C(CCCN1CSCCSC1)CCN1CSCCSC1. The molecule has 2 aliphatic heterocycles. The number of rotatable bonds is 7. The highest BCUT2D eigenvalue weighted by Crippen LogP contribution is 2.19. The highest BCUT2D eigenvalue weighted by molar-refractivity contribution is 8.03. The molecule has 2 aliphatic rings. The summed E-state index contributed by atoms with van der Waals surface area (Å²) in [6.07, 6.45) is 5.62. The second-order valence-corrected chi connectivity index (χ2v) is 9.65. The summed E-state index contributed by atoms with van der Waals surface area (Å²) in [5.41, 5.74) is 0. The van der Waals surface area contributed by atoms with Crippen molar-refractivity contribution >= 4 is 47.0 Å². The molecule has 2 fully saturated rings. The van der Waals surface area contributed by atoms with Crippen LogP contribution in [0.15, 0.2) is 0 Å². The Kier molecular flexibility index (Phi) is 10.5. The topological polar surface area (TPSA) is 6.48 Å². The maximum Gasteiger partial charge on any atom is 0.0452 e. The smallest absolute Gasteiger partial charge is 0.0452 e. The summed E-state index contributed by atoms with van der Waals surface area (Å²) >= 11 is 8.43. The summed E-state index contributed by atoms with van der Waals surface area (Å²) < 4.78 is 0. The summed E-state index contributed by atoms with van der Waals surface area (Å²) in [6.45, 7) is 2.63. The van der Waals surface area contributed by atoms with Crippen LogP contribution in [0.2, 0.25) is 0 Å². The van der Waals surface area contributed by atoms with E-state index in [-0.39, 0.29) is 0 Å². The number of hydrogen-bond donors (Lipinski definition) is 0. The molecule has 0 spiro atoms. The van der Waals surface area contributed by atoms with Crippen molar-refractivity contribution in [3.63, 3.8) is 0 Å². The minimum atomic E-state index is 1.26. The number of hydrogen-bond acceptors (Lipinski definition) is 6. The zero-order valence-electron chi connectivity index (χ0n) is 12.4. The standard InChI is InChI=1S/C14H28N2S4/c1(3-5-15-11-17-7-8-18-12-15)2-4-6-16-13-19-9-10-20-14-16/h1-14H2. The minimum absolute atomic E-state index is 1.26. The zero-order valence-corrected chi connectivity index (χ0v) is 15.7. The number of thioether (sulfide) groups is 4. The summed E-state index contributed by atoms with van der Waals surface area (Å²) in [5.74, 6) is 10.4. The Bertz CT molecular complexity index is 203. The Morgan fingerprint density at radius 1 is 0.500 bits per heavy atom.